The summed E-state index contributed by atoms with van der Waals surface area (Å²) in [5, 5.41) is 0. The lowest BCUT2D eigenvalue weighted by atomic mass is 9.87. The number of carbonyl (C=O) groups is 2. The largest absolute Gasteiger partial charge is 0.342 e. The average Bonchev–Trinajstić information content (AvgIpc) is 3.55. The molecule has 5 heterocycles. The number of likely N-dealkylation sites (tertiary alicyclic amines) is 1. The Balaban J connectivity index is 1.18. The van der Waals surface area contributed by atoms with E-state index in [1.165, 1.54) is 36.9 Å². The number of aryl methyl sites for hydroxylation is 1. The smallest absolute Gasteiger partial charge is 0.222 e. The molecule has 0 radical (unpaired) electrons. The van der Waals surface area contributed by atoms with E-state index in [0.29, 0.717) is 48.8 Å². The van der Waals surface area contributed by atoms with Crippen molar-refractivity contribution in [2.24, 2.45) is 5.92 Å². The van der Waals surface area contributed by atoms with E-state index in [1.54, 1.807) is 6.92 Å². The van der Waals surface area contributed by atoms with Gasteiger partial charge in [-0.15, -0.1) is 0 Å². The van der Waals surface area contributed by atoms with Gasteiger partial charge < -0.3 is 14.4 Å². The fraction of sp³-hybridized carbons (Fsp3) is 0.645. The van der Waals surface area contributed by atoms with Crippen LogP contribution in [0, 0.1) is 12.8 Å². The predicted molar refractivity (Wildman–Crippen MR) is 148 cm³/mol. The van der Waals surface area contributed by atoms with Crippen molar-refractivity contribution in [1.29, 1.82) is 0 Å². The standard InChI is InChI=1S/C31H43N5O2/c1-4-8-31(38)34-17-24(28(19-34)23-9-6-5-7-10-23)18-35-25-11-12-26(35)16-27(15-25)36-21(2)32-29-20-33(22(3)37)14-13-30(29)36/h5-7,9-10,24-28H,4,8,11-20H2,1-3H3/t24-,25-,26+,27?,28-/m1/s1. The molecule has 0 aliphatic carbocycles. The number of fused-ring (bicyclic) bond motifs is 3. The SMILES string of the molecule is CCCC(=O)N1C[C@H](CN2[C@@H]3CC[C@H]2CC(n2c(C)nc4c2CCN(C(C)=O)C4)C3)[C@@H](c2ccccc2)C1. The Bertz CT molecular complexity index is 1160. The summed E-state index contributed by atoms with van der Waals surface area (Å²) in [6, 6.07) is 12.6. The fourth-order valence-electron chi connectivity index (χ4n) is 8.03. The molecule has 204 valence electrons. The van der Waals surface area contributed by atoms with E-state index in [-0.39, 0.29) is 5.91 Å². The highest BCUT2D eigenvalue weighted by Gasteiger charge is 2.45. The van der Waals surface area contributed by atoms with Crippen molar-refractivity contribution < 1.29 is 9.59 Å². The Hall–Kier alpha value is -2.67. The minimum Gasteiger partial charge on any atom is -0.342 e. The van der Waals surface area contributed by atoms with Crippen LogP contribution in [0.3, 0.4) is 0 Å². The number of aromatic nitrogens is 2. The van der Waals surface area contributed by atoms with Crippen molar-refractivity contribution in [3.05, 3.63) is 53.1 Å². The molecular weight excluding hydrogens is 474 g/mol. The molecule has 1 unspecified atom stereocenters. The van der Waals surface area contributed by atoms with Crippen LogP contribution in [0.1, 0.15) is 87.1 Å². The minimum absolute atomic E-state index is 0.143. The first-order valence-corrected chi connectivity index (χ1v) is 14.8. The van der Waals surface area contributed by atoms with Crippen LogP contribution in [-0.4, -0.2) is 74.3 Å². The summed E-state index contributed by atoms with van der Waals surface area (Å²) < 4.78 is 2.54. The number of amides is 2. The van der Waals surface area contributed by atoms with Crippen LogP contribution >= 0.6 is 0 Å². The summed E-state index contributed by atoms with van der Waals surface area (Å²) in [5.74, 6) is 2.48. The first kappa shape index (κ1) is 25.6. The molecule has 6 rings (SSSR count). The van der Waals surface area contributed by atoms with Crippen molar-refractivity contribution in [2.45, 2.75) is 96.3 Å². The zero-order valence-electron chi connectivity index (χ0n) is 23.3. The van der Waals surface area contributed by atoms with E-state index < -0.39 is 0 Å². The molecule has 0 saturated carbocycles. The van der Waals surface area contributed by atoms with Gasteiger partial charge in [-0.25, -0.2) is 4.98 Å². The Morgan fingerprint density at radius 3 is 2.42 bits per heavy atom. The molecule has 4 aliphatic rings. The number of piperidine rings is 1. The molecule has 2 amide bonds. The topological polar surface area (TPSA) is 61.7 Å². The lowest BCUT2D eigenvalue weighted by molar-refractivity contribution is -0.130. The van der Waals surface area contributed by atoms with Crippen LogP contribution < -0.4 is 0 Å². The summed E-state index contributed by atoms with van der Waals surface area (Å²) in [6.45, 7) is 10.2. The highest BCUT2D eigenvalue weighted by Crippen LogP contribution is 2.44. The molecule has 3 saturated heterocycles. The van der Waals surface area contributed by atoms with E-state index in [4.69, 9.17) is 4.98 Å². The molecule has 38 heavy (non-hydrogen) atoms. The second-order valence-corrected chi connectivity index (χ2v) is 12.1. The molecular formula is C31H43N5O2. The number of hydrogen-bond acceptors (Lipinski definition) is 4. The summed E-state index contributed by atoms with van der Waals surface area (Å²) in [4.78, 5) is 36.6. The quantitative estimate of drug-likeness (QED) is 0.573. The van der Waals surface area contributed by atoms with Crippen LogP contribution in [0.25, 0.3) is 0 Å². The van der Waals surface area contributed by atoms with Crippen LogP contribution in [0.5, 0.6) is 0 Å². The molecule has 3 fully saturated rings. The maximum Gasteiger partial charge on any atom is 0.222 e. The van der Waals surface area contributed by atoms with Crippen molar-refractivity contribution in [3.8, 4) is 0 Å². The molecule has 5 atom stereocenters. The highest BCUT2D eigenvalue weighted by molar-refractivity contribution is 5.76. The molecule has 7 nitrogen and oxygen atoms in total. The third kappa shape index (κ3) is 4.67. The van der Waals surface area contributed by atoms with Crippen LogP contribution in [0.2, 0.25) is 0 Å². The van der Waals surface area contributed by atoms with Crippen molar-refractivity contribution in [2.75, 3.05) is 26.2 Å². The van der Waals surface area contributed by atoms with Crippen LogP contribution in [0.15, 0.2) is 30.3 Å². The third-order valence-electron chi connectivity index (χ3n) is 9.83. The summed E-state index contributed by atoms with van der Waals surface area (Å²) >= 11 is 0. The molecule has 2 bridgehead atoms. The second-order valence-electron chi connectivity index (χ2n) is 12.1. The van der Waals surface area contributed by atoms with Gasteiger partial charge in [0.15, 0.2) is 0 Å². The molecule has 2 aromatic rings. The van der Waals surface area contributed by atoms with Gasteiger partial charge in [0.25, 0.3) is 0 Å². The van der Waals surface area contributed by atoms with E-state index in [0.717, 1.165) is 50.5 Å². The molecule has 4 aliphatic heterocycles. The molecule has 0 N–H and O–H groups in total. The monoisotopic (exact) mass is 517 g/mol. The third-order valence-corrected chi connectivity index (χ3v) is 9.83. The van der Waals surface area contributed by atoms with Crippen molar-refractivity contribution in [1.82, 2.24) is 24.3 Å². The highest BCUT2D eigenvalue weighted by atomic mass is 16.2. The van der Waals surface area contributed by atoms with Gasteiger partial charge in [-0.1, -0.05) is 37.3 Å². The second kappa shape index (κ2) is 10.5. The summed E-state index contributed by atoms with van der Waals surface area (Å²) in [6.07, 6.45) is 7.39. The van der Waals surface area contributed by atoms with E-state index in [1.807, 2.05) is 4.90 Å². The number of hydrogen-bond donors (Lipinski definition) is 0. The number of nitrogens with zero attached hydrogens (tertiary/aromatic N) is 5. The van der Waals surface area contributed by atoms with E-state index in [9.17, 15) is 9.59 Å². The Labute approximate surface area is 227 Å². The number of carbonyl (C=O) groups excluding carboxylic acids is 2. The fourth-order valence-corrected chi connectivity index (χ4v) is 8.03. The van der Waals surface area contributed by atoms with E-state index in [2.05, 4.69) is 58.5 Å². The van der Waals surface area contributed by atoms with Gasteiger partial charge in [-0.05, 0) is 50.5 Å². The van der Waals surface area contributed by atoms with Gasteiger partial charge in [0.05, 0.1) is 12.2 Å². The van der Waals surface area contributed by atoms with Crippen LogP contribution in [-0.2, 0) is 22.6 Å². The van der Waals surface area contributed by atoms with Crippen LogP contribution in [0.4, 0.5) is 0 Å². The van der Waals surface area contributed by atoms with Gasteiger partial charge >= 0.3 is 0 Å². The zero-order valence-corrected chi connectivity index (χ0v) is 23.3. The van der Waals surface area contributed by atoms with Gasteiger partial charge in [0, 0.05) is 75.7 Å². The summed E-state index contributed by atoms with van der Waals surface area (Å²) in [5.41, 5.74) is 3.85. The first-order chi connectivity index (χ1) is 18.4. The lowest BCUT2D eigenvalue weighted by Crippen LogP contribution is -2.47. The molecule has 1 aromatic heterocycles. The number of benzene rings is 1. The average molecular weight is 518 g/mol. The normalized spacial score (nSPS) is 29.1. The van der Waals surface area contributed by atoms with Gasteiger partial charge in [-0.3, -0.25) is 14.5 Å². The van der Waals surface area contributed by atoms with E-state index >= 15 is 0 Å². The number of imidazole rings is 1. The molecule has 7 heteroatoms. The zero-order chi connectivity index (χ0) is 26.4. The maximum absolute atomic E-state index is 12.9. The Morgan fingerprint density at radius 1 is 1.00 bits per heavy atom. The minimum atomic E-state index is 0.143. The van der Waals surface area contributed by atoms with Crippen molar-refractivity contribution >= 4 is 11.8 Å². The maximum atomic E-state index is 12.9. The van der Waals surface area contributed by atoms with Crippen molar-refractivity contribution in [3.63, 3.8) is 0 Å². The number of rotatable bonds is 6. The first-order valence-electron chi connectivity index (χ1n) is 14.8. The predicted octanol–water partition coefficient (Wildman–Crippen LogP) is 4.31. The molecule has 1 aromatic carbocycles. The van der Waals surface area contributed by atoms with Gasteiger partial charge in [-0.2, -0.15) is 0 Å². The Kier molecular flexibility index (Phi) is 7.06. The van der Waals surface area contributed by atoms with Gasteiger partial charge in [0.1, 0.15) is 5.82 Å². The lowest BCUT2D eigenvalue weighted by Gasteiger charge is -2.42. The Morgan fingerprint density at radius 2 is 1.74 bits per heavy atom. The van der Waals surface area contributed by atoms with Gasteiger partial charge in [0.2, 0.25) is 11.8 Å². The molecule has 0 spiro atoms. The summed E-state index contributed by atoms with van der Waals surface area (Å²) in [7, 11) is 0.